The third kappa shape index (κ3) is 5.52. The standard InChI is InChI=1S/C24H19N5OS2/c1-16(30)26-20-6-4-7-21(13-20)27-23-28-29-24(32-23)31-15-17-9-11-18(12-10-17)22-8-3-2-5-19(22)14-25/h2-13H,15H2,1H3,(H,26,30)(H,27,28). The molecule has 0 bridgehead atoms. The number of nitriles is 1. The molecule has 0 saturated carbocycles. The lowest BCUT2D eigenvalue weighted by molar-refractivity contribution is -0.114. The number of thioether (sulfide) groups is 1. The van der Waals surface area contributed by atoms with Gasteiger partial charge < -0.3 is 10.6 Å². The van der Waals surface area contributed by atoms with Gasteiger partial charge in [0, 0.05) is 24.1 Å². The van der Waals surface area contributed by atoms with E-state index in [0.717, 1.165) is 32.6 Å². The summed E-state index contributed by atoms with van der Waals surface area (Å²) >= 11 is 3.10. The summed E-state index contributed by atoms with van der Waals surface area (Å²) in [5.41, 5.74) is 5.36. The largest absolute Gasteiger partial charge is 0.330 e. The molecular weight excluding hydrogens is 438 g/mol. The van der Waals surface area contributed by atoms with Crippen molar-refractivity contribution in [2.75, 3.05) is 10.6 Å². The van der Waals surface area contributed by atoms with E-state index in [1.54, 1.807) is 11.8 Å². The molecule has 1 aromatic heterocycles. The molecule has 1 heterocycles. The second kappa shape index (κ2) is 10.1. The van der Waals surface area contributed by atoms with Gasteiger partial charge in [-0.2, -0.15) is 5.26 Å². The summed E-state index contributed by atoms with van der Waals surface area (Å²) in [5.74, 6) is 0.659. The van der Waals surface area contributed by atoms with E-state index in [4.69, 9.17) is 0 Å². The third-order valence-corrected chi connectivity index (χ3v) is 6.56. The van der Waals surface area contributed by atoms with Crippen LogP contribution in [0.3, 0.4) is 0 Å². The van der Waals surface area contributed by atoms with Crippen molar-refractivity contribution >= 4 is 45.5 Å². The first-order valence-corrected chi connectivity index (χ1v) is 11.6. The Kier molecular flexibility index (Phi) is 6.80. The highest BCUT2D eigenvalue weighted by molar-refractivity contribution is 8.00. The monoisotopic (exact) mass is 457 g/mol. The van der Waals surface area contributed by atoms with Crippen LogP contribution in [0.1, 0.15) is 18.1 Å². The molecule has 0 spiro atoms. The van der Waals surface area contributed by atoms with Gasteiger partial charge in [-0.25, -0.2) is 0 Å². The Labute approximate surface area is 194 Å². The van der Waals surface area contributed by atoms with Crippen molar-refractivity contribution in [1.82, 2.24) is 10.2 Å². The van der Waals surface area contributed by atoms with Gasteiger partial charge >= 0.3 is 0 Å². The first kappa shape index (κ1) is 21.6. The first-order valence-electron chi connectivity index (χ1n) is 9.80. The number of aromatic nitrogens is 2. The lowest BCUT2D eigenvalue weighted by atomic mass is 10.00. The molecule has 158 valence electrons. The van der Waals surface area contributed by atoms with Crippen LogP contribution in [-0.2, 0) is 10.5 Å². The minimum atomic E-state index is -0.112. The Morgan fingerprint density at radius 3 is 2.59 bits per heavy atom. The third-order valence-electron chi connectivity index (χ3n) is 4.52. The Balaban J connectivity index is 1.36. The van der Waals surface area contributed by atoms with E-state index in [0.29, 0.717) is 10.7 Å². The van der Waals surface area contributed by atoms with Crippen LogP contribution in [0.2, 0.25) is 0 Å². The van der Waals surface area contributed by atoms with Gasteiger partial charge in [0.1, 0.15) is 0 Å². The van der Waals surface area contributed by atoms with Gasteiger partial charge in [0.25, 0.3) is 0 Å². The van der Waals surface area contributed by atoms with Gasteiger partial charge in [-0.3, -0.25) is 4.79 Å². The van der Waals surface area contributed by atoms with Crippen molar-refractivity contribution in [2.24, 2.45) is 0 Å². The second-order valence-corrected chi connectivity index (χ2v) is 9.10. The van der Waals surface area contributed by atoms with Crippen LogP contribution in [0, 0.1) is 11.3 Å². The summed E-state index contributed by atoms with van der Waals surface area (Å²) in [5, 5.41) is 24.4. The van der Waals surface area contributed by atoms with E-state index in [9.17, 15) is 10.1 Å². The topological polar surface area (TPSA) is 90.7 Å². The number of nitrogens with zero attached hydrogens (tertiary/aromatic N) is 3. The molecule has 1 amide bonds. The summed E-state index contributed by atoms with van der Waals surface area (Å²) in [6.45, 7) is 1.48. The zero-order valence-corrected chi connectivity index (χ0v) is 18.8. The molecule has 32 heavy (non-hydrogen) atoms. The number of benzene rings is 3. The van der Waals surface area contributed by atoms with E-state index < -0.39 is 0 Å². The lowest BCUT2D eigenvalue weighted by Gasteiger charge is -2.06. The molecule has 6 nitrogen and oxygen atoms in total. The Hall–Kier alpha value is -3.67. The van der Waals surface area contributed by atoms with Gasteiger partial charge in [-0.15, -0.1) is 10.2 Å². The number of hydrogen-bond donors (Lipinski definition) is 2. The summed E-state index contributed by atoms with van der Waals surface area (Å²) in [7, 11) is 0. The minimum Gasteiger partial charge on any atom is -0.330 e. The number of carbonyl (C=O) groups excluding carboxylic acids is 1. The van der Waals surface area contributed by atoms with E-state index in [1.165, 1.54) is 23.8 Å². The molecule has 0 unspecified atom stereocenters. The smallest absolute Gasteiger partial charge is 0.221 e. The fourth-order valence-electron chi connectivity index (χ4n) is 3.08. The van der Waals surface area contributed by atoms with Crippen LogP contribution >= 0.6 is 23.1 Å². The lowest BCUT2D eigenvalue weighted by Crippen LogP contribution is -2.05. The van der Waals surface area contributed by atoms with E-state index >= 15 is 0 Å². The summed E-state index contributed by atoms with van der Waals surface area (Å²) in [6, 6.07) is 25.5. The maximum atomic E-state index is 11.2. The molecule has 4 aromatic rings. The maximum Gasteiger partial charge on any atom is 0.221 e. The van der Waals surface area contributed by atoms with Crippen molar-refractivity contribution in [3.63, 3.8) is 0 Å². The fourth-order valence-corrected chi connectivity index (χ4v) is 4.81. The molecule has 0 aliphatic carbocycles. The summed E-state index contributed by atoms with van der Waals surface area (Å²) in [4.78, 5) is 11.2. The Morgan fingerprint density at radius 2 is 1.81 bits per heavy atom. The molecule has 0 fully saturated rings. The maximum absolute atomic E-state index is 11.2. The van der Waals surface area contributed by atoms with Crippen molar-refractivity contribution in [3.8, 4) is 17.2 Å². The van der Waals surface area contributed by atoms with Crippen LogP contribution in [-0.4, -0.2) is 16.1 Å². The van der Waals surface area contributed by atoms with Crippen molar-refractivity contribution in [2.45, 2.75) is 17.0 Å². The second-order valence-electron chi connectivity index (χ2n) is 6.90. The highest BCUT2D eigenvalue weighted by atomic mass is 32.2. The summed E-state index contributed by atoms with van der Waals surface area (Å²) < 4.78 is 0.865. The van der Waals surface area contributed by atoms with E-state index in [1.807, 2.05) is 60.7 Å². The average Bonchev–Trinajstić information content (AvgIpc) is 3.25. The van der Waals surface area contributed by atoms with Crippen LogP contribution in [0.5, 0.6) is 0 Å². The van der Waals surface area contributed by atoms with Crippen LogP contribution in [0.4, 0.5) is 16.5 Å². The number of rotatable bonds is 7. The predicted octanol–water partition coefficient (Wildman–Crippen LogP) is 6.07. The Bertz CT molecular complexity index is 1280. The van der Waals surface area contributed by atoms with E-state index in [2.05, 4.69) is 39.0 Å². The van der Waals surface area contributed by atoms with Crippen LogP contribution < -0.4 is 10.6 Å². The molecule has 0 saturated heterocycles. The SMILES string of the molecule is CC(=O)Nc1cccc(Nc2nnc(SCc3ccc(-c4ccccc4C#N)cc3)s2)c1. The van der Waals surface area contributed by atoms with Crippen molar-refractivity contribution < 1.29 is 4.79 Å². The molecule has 2 N–H and O–H groups in total. The first-order chi connectivity index (χ1) is 15.6. The van der Waals surface area contributed by atoms with Crippen molar-refractivity contribution in [1.29, 1.82) is 5.26 Å². The quantitative estimate of drug-likeness (QED) is 0.327. The van der Waals surface area contributed by atoms with E-state index in [-0.39, 0.29) is 5.91 Å². The minimum absolute atomic E-state index is 0.112. The molecule has 3 aromatic carbocycles. The van der Waals surface area contributed by atoms with Gasteiger partial charge in [0.05, 0.1) is 11.6 Å². The highest BCUT2D eigenvalue weighted by Crippen LogP contribution is 2.31. The zero-order valence-electron chi connectivity index (χ0n) is 17.2. The zero-order chi connectivity index (χ0) is 22.3. The number of anilines is 3. The fraction of sp³-hybridized carbons (Fsp3) is 0.0833. The molecule has 0 atom stereocenters. The summed E-state index contributed by atoms with van der Waals surface area (Å²) in [6.07, 6.45) is 0. The number of nitrogens with one attached hydrogen (secondary N) is 2. The van der Waals surface area contributed by atoms with Crippen LogP contribution in [0.25, 0.3) is 11.1 Å². The highest BCUT2D eigenvalue weighted by Gasteiger charge is 2.08. The molecule has 8 heteroatoms. The molecule has 0 aliphatic heterocycles. The molecular formula is C24H19N5OS2. The van der Waals surface area contributed by atoms with Gasteiger partial charge in [-0.1, -0.05) is 71.6 Å². The number of carbonyl (C=O) groups is 1. The van der Waals surface area contributed by atoms with Gasteiger partial charge in [-0.05, 0) is 41.0 Å². The average molecular weight is 458 g/mol. The van der Waals surface area contributed by atoms with Gasteiger partial charge in [0.15, 0.2) is 4.34 Å². The van der Waals surface area contributed by atoms with Crippen LogP contribution in [0.15, 0.2) is 77.1 Å². The number of hydrogen-bond acceptors (Lipinski definition) is 7. The molecule has 0 aliphatic rings. The molecule has 4 rings (SSSR count). The van der Waals surface area contributed by atoms with Gasteiger partial charge in [0.2, 0.25) is 11.0 Å². The number of amides is 1. The Morgan fingerprint density at radius 1 is 1.03 bits per heavy atom. The normalized spacial score (nSPS) is 10.4. The van der Waals surface area contributed by atoms with Crippen molar-refractivity contribution in [3.05, 3.63) is 83.9 Å². The predicted molar refractivity (Wildman–Crippen MR) is 130 cm³/mol. The molecule has 0 radical (unpaired) electrons.